The Morgan fingerprint density at radius 2 is 2.11 bits per heavy atom. The number of rotatable bonds is 4. The molecule has 4 N–H and O–H groups in total. The highest BCUT2D eigenvalue weighted by molar-refractivity contribution is 8.00. The summed E-state index contributed by atoms with van der Waals surface area (Å²) in [7, 11) is 0. The monoisotopic (exact) mass is 279 g/mol. The van der Waals surface area contributed by atoms with Crippen LogP contribution < -0.4 is 16.4 Å². The SMILES string of the molecule is Nc1cccc(NC(=O)NCCSC(F)(F)F)c1. The number of hydrogen-bond acceptors (Lipinski definition) is 3. The summed E-state index contributed by atoms with van der Waals surface area (Å²) in [6.07, 6.45) is 0. The first-order valence-electron chi connectivity index (χ1n) is 4.98. The molecule has 0 fully saturated rings. The van der Waals surface area contributed by atoms with E-state index in [1.165, 1.54) is 0 Å². The summed E-state index contributed by atoms with van der Waals surface area (Å²) in [4.78, 5) is 11.3. The van der Waals surface area contributed by atoms with E-state index in [9.17, 15) is 18.0 Å². The first-order chi connectivity index (χ1) is 8.37. The highest BCUT2D eigenvalue weighted by Crippen LogP contribution is 2.29. The summed E-state index contributed by atoms with van der Waals surface area (Å²) in [6.45, 7) is -0.0711. The molecule has 0 unspecified atom stereocenters. The molecule has 0 aliphatic heterocycles. The van der Waals surface area contributed by atoms with Gasteiger partial charge in [0.1, 0.15) is 0 Å². The lowest BCUT2D eigenvalue weighted by Gasteiger charge is -2.08. The lowest BCUT2D eigenvalue weighted by molar-refractivity contribution is -0.0327. The van der Waals surface area contributed by atoms with Crippen LogP contribution in [0.3, 0.4) is 0 Å². The van der Waals surface area contributed by atoms with Crippen molar-refractivity contribution in [2.24, 2.45) is 0 Å². The number of urea groups is 1. The quantitative estimate of drug-likeness (QED) is 0.586. The van der Waals surface area contributed by atoms with E-state index in [2.05, 4.69) is 10.6 Å². The van der Waals surface area contributed by atoms with E-state index < -0.39 is 11.5 Å². The first-order valence-corrected chi connectivity index (χ1v) is 5.96. The van der Waals surface area contributed by atoms with Crippen molar-refractivity contribution < 1.29 is 18.0 Å². The Bertz CT molecular complexity index is 412. The standard InChI is InChI=1S/C10H12F3N3OS/c11-10(12,13)18-5-4-15-9(17)16-8-3-1-2-7(14)6-8/h1-3,6H,4-5,14H2,(H2,15,16,17). The maximum Gasteiger partial charge on any atom is 0.441 e. The molecule has 0 heterocycles. The van der Waals surface area contributed by atoms with Crippen molar-refractivity contribution in [1.29, 1.82) is 0 Å². The molecule has 2 amide bonds. The first kappa shape index (κ1) is 14.5. The number of carbonyl (C=O) groups excluding carboxylic acids is 1. The second kappa shape index (κ2) is 6.39. The van der Waals surface area contributed by atoms with Crippen LogP contribution in [0.4, 0.5) is 29.3 Å². The van der Waals surface area contributed by atoms with Crippen molar-refractivity contribution in [2.75, 3.05) is 23.3 Å². The average Bonchev–Trinajstić information content (AvgIpc) is 2.23. The van der Waals surface area contributed by atoms with E-state index in [1.807, 2.05) is 0 Å². The third-order valence-corrected chi connectivity index (χ3v) is 2.53. The largest absolute Gasteiger partial charge is 0.441 e. The van der Waals surface area contributed by atoms with E-state index >= 15 is 0 Å². The minimum Gasteiger partial charge on any atom is -0.399 e. The van der Waals surface area contributed by atoms with Gasteiger partial charge in [-0.1, -0.05) is 6.07 Å². The van der Waals surface area contributed by atoms with E-state index in [4.69, 9.17) is 5.73 Å². The normalized spacial score (nSPS) is 11.1. The summed E-state index contributed by atoms with van der Waals surface area (Å²) in [5.74, 6) is -0.228. The minimum atomic E-state index is -4.27. The fourth-order valence-electron chi connectivity index (χ4n) is 1.12. The molecule has 0 aliphatic rings. The van der Waals surface area contributed by atoms with Crippen LogP contribution in [0.2, 0.25) is 0 Å². The summed E-state index contributed by atoms with van der Waals surface area (Å²) in [5, 5.41) is 4.77. The molecule has 4 nitrogen and oxygen atoms in total. The molecule has 1 rings (SSSR count). The van der Waals surface area contributed by atoms with Gasteiger partial charge in [0, 0.05) is 23.7 Å². The lowest BCUT2D eigenvalue weighted by atomic mass is 10.3. The van der Waals surface area contributed by atoms with Gasteiger partial charge in [-0.3, -0.25) is 0 Å². The molecule has 8 heteroatoms. The minimum absolute atomic E-state index is 0.0711. The Morgan fingerprint density at radius 1 is 1.39 bits per heavy atom. The number of halogens is 3. The number of carbonyl (C=O) groups is 1. The van der Waals surface area contributed by atoms with Gasteiger partial charge in [-0.25, -0.2) is 4.79 Å². The van der Waals surface area contributed by atoms with E-state index in [1.54, 1.807) is 24.3 Å². The zero-order chi connectivity index (χ0) is 13.6. The van der Waals surface area contributed by atoms with Gasteiger partial charge in [0.25, 0.3) is 0 Å². The molecule has 100 valence electrons. The van der Waals surface area contributed by atoms with Crippen molar-refractivity contribution in [1.82, 2.24) is 5.32 Å². The fourth-order valence-corrected chi connectivity index (χ4v) is 1.56. The van der Waals surface area contributed by atoms with Crippen LogP contribution in [-0.4, -0.2) is 23.8 Å². The lowest BCUT2D eigenvalue weighted by Crippen LogP contribution is -2.31. The van der Waals surface area contributed by atoms with Crippen molar-refractivity contribution in [3.05, 3.63) is 24.3 Å². The van der Waals surface area contributed by atoms with Gasteiger partial charge in [-0.05, 0) is 30.0 Å². The molecule has 0 aromatic heterocycles. The van der Waals surface area contributed by atoms with Crippen LogP contribution in [0.25, 0.3) is 0 Å². The molecule has 0 spiro atoms. The highest BCUT2D eigenvalue weighted by Gasteiger charge is 2.27. The topological polar surface area (TPSA) is 67.1 Å². The molecule has 0 aliphatic carbocycles. The number of hydrogen-bond donors (Lipinski definition) is 3. The van der Waals surface area contributed by atoms with Gasteiger partial charge in [0.2, 0.25) is 0 Å². The Labute approximate surface area is 106 Å². The van der Waals surface area contributed by atoms with Crippen LogP contribution in [0.5, 0.6) is 0 Å². The predicted molar refractivity (Wildman–Crippen MR) is 66.4 cm³/mol. The molecule has 1 aromatic carbocycles. The van der Waals surface area contributed by atoms with Crippen molar-refractivity contribution in [3.8, 4) is 0 Å². The predicted octanol–water partition coefficient (Wildman–Crippen LogP) is 2.64. The maximum absolute atomic E-state index is 11.8. The fraction of sp³-hybridized carbons (Fsp3) is 0.300. The molecule has 0 radical (unpaired) electrons. The summed E-state index contributed by atoms with van der Waals surface area (Å²) in [5.41, 5.74) is 2.20. The summed E-state index contributed by atoms with van der Waals surface area (Å²) >= 11 is -0.178. The molecule has 1 aromatic rings. The number of anilines is 2. The van der Waals surface area contributed by atoms with Crippen molar-refractivity contribution >= 4 is 29.2 Å². The van der Waals surface area contributed by atoms with Crippen LogP contribution in [0, 0.1) is 0 Å². The van der Waals surface area contributed by atoms with Crippen molar-refractivity contribution in [3.63, 3.8) is 0 Å². The average molecular weight is 279 g/mol. The molecular weight excluding hydrogens is 267 g/mol. The molecule has 0 bridgehead atoms. The van der Waals surface area contributed by atoms with Crippen LogP contribution in [-0.2, 0) is 0 Å². The number of nitrogen functional groups attached to an aromatic ring is 1. The Hall–Kier alpha value is -1.57. The molecule has 0 saturated carbocycles. The molecule has 18 heavy (non-hydrogen) atoms. The zero-order valence-electron chi connectivity index (χ0n) is 9.25. The Morgan fingerprint density at radius 3 is 2.72 bits per heavy atom. The molecule has 0 atom stereocenters. The number of nitrogens with one attached hydrogen (secondary N) is 2. The number of alkyl halides is 3. The third kappa shape index (κ3) is 6.24. The summed E-state index contributed by atoms with van der Waals surface area (Å²) in [6, 6.07) is 5.92. The van der Waals surface area contributed by atoms with Gasteiger partial charge >= 0.3 is 11.5 Å². The van der Waals surface area contributed by atoms with Gasteiger partial charge < -0.3 is 16.4 Å². The Kier molecular flexibility index (Phi) is 5.14. The van der Waals surface area contributed by atoms with Gasteiger partial charge in [0.05, 0.1) is 0 Å². The maximum atomic E-state index is 11.8. The van der Waals surface area contributed by atoms with Crippen LogP contribution in [0.1, 0.15) is 0 Å². The van der Waals surface area contributed by atoms with E-state index in [0.717, 1.165) is 0 Å². The van der Waals surface area contributed by atoms with E-state index in [-0.39, 0.29) is 24.1 Å². The van der Waals surface area contributed by atoms with Crippen LogP contribution in [0.15, 0.2) is 24.3 Å². The second-order valence-corrected chi connectivity index (χ2v) is 4.46. The van der Waals surface area contributed by atoms with Gasteiger partial charge in [-0.15, -0.1) is 0 Å². The second-order valence-electron chi connectivity index (χ2n) is 3.30. The smallest absolute Gasteiger partial charge is 0.399 e. The number of thioether (sulfide) groups is 1. The van der Waals surface area contributed by atoms with Gasteiger partial charge in [-0.2, -0.15) is 13.2 Å². The molecule has 0 saturated heterocycles. The third-order valence-electron chi connectivity index (χ3n) is 1.80. The van der Waals surface area contributed by atoms with E-state index in [0.29, 0.717) is 11.4 Å². The van der Waals surface area contributed by atoms with Gasteiger partial charge in [0.15, 0.2) is 0 Å². The Balaban J connectivity index is 2.26. The number of amides is 2. The number of nitrogens with two attached hydrogens (primary N) is 1. The number of benzene rings is 1. The molecular formula is C10H12F3N3OS. The highest BCUT2D eigenvalue weighted by atomic mass is 32.2. The zero-order valence-corrected chi connectivity index (χ0v) is 10.1. The van der Waals surface area contributed by atoms with Crippen molar-refractivity contribution in [2.45, 2.75) is 5.51 Å². The van der Waals surface area contributed by atoms with Crippen LogP contribution >= 0.6 is 11.8 Å². The summed E-state index contributed by atoms with van der Waals surface area (Å²) < 4.78 is 35.4.